The molecule has 26 heavy (non-hydrogen) atoms. The Hall–Kier alpha value is -2.60. The minimum Gasteiger partial charge on any atom is -0.493 e. The van der Waals surface area contributed by atoms with Crippen LogP contribution in [0.4, 0.5) is 0 Å². The van der Waals surface area contributed by atoms with E-state index in [1.807, 2.05) is 19.9 Å². The Balaban J connectivity index is 1.96. The number of hydrogen-bond acceptors (Lipinski definition) is 3. The Morgan fingerprint density at radius 1 is 0.885 bits per heavy atom. The second-order valence-corrected chi connectivity index (χ2v) is 6.50. The molecule has 0 atom stereocenters. The molecule has 3 nitrogen and oxygen atoms in total. The molecule has 0 spiro atoms. The highest BCUT2D eigenvalue weighted by molar-refractivity contribution is 6.07. The molecular formula is C23H26O3. The molecule has 0 aliphatic rings. The molecular weight excluding hydrogens is 324 g/mol. The topological polar surface area (TPSA) is 31.6 Å². The Labute approximate surface area is 155 Å². The highest BCUT2D eigenvalue weighted by Gasteiger charge is 2.16. The molecule has 1 aromatic heterocycles. The molecule has 0 saturated carbocycles. The SMILES string of the molecule is CC#CCOc1ccc2c(oc3c(C)c(OCCCCC)ccc32)c1C. The summed E-state index contributed by atoms with van der Waals surface area (Å²) in [7, 11) is 0. The average molecular weight is 350 g/mol. The quantitative estimate of drug-likeness (QED) is 0.377. The third-order valence-electron chi connectivity index (χ3n) is 4.69. The molecule has 3 aromatic rings. The third-order valence-corrected chi connectivity index (χ3v) is 4.69. The van der Waals surface area contributed by atoms with Gasteiger partial charge in [-0.1, -0.05) is 25.7 Å². The molecule has 0 amide bonds. The molecule has 0 radical (unpaired) electrons. The number of furan rings is 1. The van der Waals surface area contributed by atoms with Crippen LogP contribution >= 0.6 is 0 Å². The zero-order valence-corrected chi connectivity index (χ0v) is 16.1. The lowest BCUT2D eigenvalue weighted by molar-refractivity contribution is 0.304. The van der Waals surface area contributed by atoms with Crippen molar-refractivity contribution in [2.24, 2.45) is 0 Å². The van der Waals surface area contributed by atoms with Crippen molar-refractivity contribution < 1.29 is 13.9 Å². The molecule has 0 saturated heterocycles. The number of unbranched alkanes of at least 4 members (excludes halogenated alkanes) is 2. The van der Waals surface area contributed by atoms with E-state index in [0.717, 1.165) is 57.6 Å². The van der Waals surface area contributed by atoms with Gasteiger partial charge in [-0.2, -0.15) is 0 Å². The van der Waals surface area contributed by atoms with Gasteiger partial charge in [0.25, 0.3) is 0 Å². The van der Waals surface area contributed by atoms with Crippen molar-refractivity contribution in [2.75, 3.05) is 13.2 Å². The van der Waals surface area contributed by atoms with E-state index >= 15 is 0 Å². The van der Waals surface area contributed by atoms with Gasteiger partial charge in [0.15, 0.2) is 0 Å². The van der Waals surface area contributed by atoms with Crippen LogP contribution in [-0.4, -0.2) is 13.2 Å². The number of rotatable bonds is 7. The molecule has 0 bridgehead atoms. The fourth-order valence-electron chi connectivity index (χ4n) is 3.17. The molecule has 0 aliphatic carbocycles. The number of hydrogen-bond donors (Lipinski definition) is 0. The summed E-state index contributed by atoms with van der Waals surface area (Å²) in [4.78, 5) is 0. The maximum Gasteiger partial charge on any atom is 0.149 e. The molecule has 0 N–H and O–H groups in total. The maximum absolute atomic E-state index is 6.23. The molecule has 0 unspecified atom stereocenters. The van der Waals surface area contributed by atoms with E-state index in [-0.39, 0.29) is 0 Å². The van der Waals surface area contributed by atoms with E-state index in [2.05, 4.69) is 43.9 Å². The first kappa shape index (κ1) is 18.2. The molecule has 3 heteroatoms. The van der Waals surface area contributed by atoms with Gasteiger partial charge in [-0.05, 0) is 51.5 Å². The van der Waals surface area contributed by atoms with Crippen LogP contribution in [0.1, 0.15) is 44.2 Å². The van der Waals surface area contributed by atoms with Crippen LogP contribution in [0, 0.1) is 25.7 Å². The minimum atomic E-state index is 0.387. The van der Waals surface area contributed by atoms with Gasteiger partial charge in [-0.25, -0.2) is 0 Å². The summed E-state index contributed by atoms with van der Waals surface area (Å²) in [6, 6.07) is 8.19. The smallest absolute Gasteiger partial charge is 0.149 e. The van der Waals surface area contributed by atoms with Crippen LogP contribution in [0.2, 0.25) is 0 Å². The molecule has 3 rings (SSSR count). The Morgan fingerprint density at radius 3 is 2.08 bits per heavy atom. The van der Waals surface area contributed by atoms with Crippen molar-refractivity contribution in [1.82, 2.24) is 0 Å². The van der Waals surface area contributed by atoms with Gasteiger partial charge in [0, 0.05) is 21.9 Å². The lowest BCUT2D eigenvalue weighted by atomic mass is 10.1. The van der Waals surface area contributed by atoms with E-state index in [1.54, 1.807) is 0 Å². The van der Waals surface area contributed by atoms with E-state index in [9.17, 15) is 0 Å². The summed E-state index contributed by atoms with van der Waals surface area (Å²) in [5, 5.41) is 2.22. The van der Waals surface area contributed by atoms with Crippen LogP contribution in [0.5, 0.6) is 11.5 Å². The van der Waals surface area contributed by atoms with Crippen LogP contribution in [0.3, 0.4) is 0 Å². The first-order chi connectivity index (χ1) is 12.7. The second kappa shape index (κ2) is 8.19. The van der Waals surface area contributed by atoms with Gasteiger partial charge in [-0.15, -0.1) is 5.92 Å². The van der Waals surface area contributed by atoms with Gasteiger partial charge < -0.3 is 13.9 Å². The lowest BCUT2D eigenvalue weighted by Gasteiger charge is -2.08. The van der Waals surface area contributed by atoms with Gasteiger partial charge in [0.05, 0.1) is 6.61 Å². The first-order valence-electron chi connectivity index (χ1n) is 9.28. The van der Waals surface area contributed by atoms with E-state index < -0.39 is 0 Å². The highest BCUT2D eigenvalue weighted by atomic mass is 16.5. The zero-order valence-electron chi connectivity index (χ0n) is 16.1. The molecule has 2 aromatic carbocycles. The Morgan fingerprint density at radius 2 is 1.50 bits per heavy atom. The molecule has 136 valence electrons. The van der Waals surface area contributed by atoms with Gasteiger partial charge in [0.2, 0.25) is 0 Å². The van der Waals surface area contributed by atoms with E-state index in [1.165, 1.54) is 12.8 Å². The minimum absolute atomic E-state index is 0.387. The Bertz CT molecular complexity index is 970. The van der Waals surface area contributed by atoms with Crippen molar-refractivity contribution in [3.8, 4) is 23.3 Å². The van der Waals surface area contributed by atoms with Crippen molar-refractivity contribution in [3.63, 3.8) is 0 Å². The average Bonchev–Trinajstić information content (AvgIpc) is 3.03. The maximum atomic E-state index is 6.23. The van der Waals surface area contributed by atoms with Crippen LogP contribution in [0.25, 0.3) is 21.9 Å². The first-order valence-corrected chi connectivity index (χ1v) is 9.28. The summed E-state index contributed by atoms with van der Waals surface area (Å²) < 4.78 is 17.9. The van der Waals surface area contributed by atoms with E-state index in [0.29, 0.717) is 6.61 Å². The van der Waals surface area contributed by atoms with Crippen molar-refractivity contribution in [2.45, 2.75) is 47.0 Å². The summed E-state index contributed by atoms with van der Waals surface area (Å²) in [5.41, 5.74) is 3.81. The molecule has 0 fully saturated rings. The highest BCUT2D eigenvalue weighted by Crippen LogP contribution is 2.38. The van der Waals surface area contributed by atoms with Crippen molar-refractivity contribution in [3.05, 3.63) is 35.4 Å². The number of ether oxygens (including phenoxy) is 2. The second-order valence-electron chi connectivity index (χ2n) is 6.50. The summed E-state index contributed by atoms with van der Waals surface area (Å²) in [6.07, 6.45) is 3.46. The van der Waals surface area contributed by atoms with Crippen LogP contribution in [-0.2, 0) is 0 Å². The molecule has 0 aliphatic heterocycles. The monoisotopic (exact) mass is 350 g/mol. The predicted molar refractivity (Wildman–Crippen MR) is 107 cm³/mol. The number of aryl methyl sites for hydroxylation is 2. The lowest BCUT2D eigenvalue weighted by Crippen LogP contribution is -1.98. The van der Waals surface area contributed by atoms with Gasteiger partial charge >= 0.3 is 0 Å². The fourth-order valence-corrected chi connectivity index (χ4v) is 3.17. The van der Waals surface area contributed by atoms with Crippen LogP contribution in [0.15, 0.2) is 28.7 Å². The number of fused-ring (bicyclic) bond motifs is 3. The normalized spacial score (nSPS) is 10.8. The summed E-state index contributed by atoms with van der Waals surface area (Å²) in [6.45, 7) is 9.22. The zero-order chi connectivity index (χ0) is 18.5. The largest absolute Gasteiger partial charge is 0.493 e. The Kier molecular flexibility index (Phi) is 5.73. The van der Waals surface area contributed by atoms with Crippen molar-refractivity contribution >= 4 is 21.9 Å². The fraction of sp³-hybridized carbons (Fsp3) is 0.391. The third kappa shape index (κ3) is 3.51. The standard InChI is InChI=1S/C23H26O3/c1-5-7-9-15-25-21-13-11-19-18-10-12-20(24-14-8-6-2)16(3)22(18)26-23(19)17(21)4/h10-13H,5,7,9,14-15H2,1-4H3. The van der Waals surface area contributed by atoms with Gasteiger partial charge in [-0.3, -0.25) is 0 Å². The molecule has 1 heterocycles. The van der Waals surface area contributed by atoms with Crippen molar-refractivity contribution in [1.29, 1.82) is 0 Å². The van der Waals surface area contributed by atoms with E-state index in [4.69, 9.17) is 13.9 Å². The predicted octanol–water partition coefficient (Wildman–Crippen LogP) is 6.17. The number of benzene rings is 2. The van der Waals surface area contributed by atoms with Crippen LogP contribution < -0.4 is 9.47 Å². The summed E-state index contributed by atoms with van der Waals surface area (Å²) in [5.74, 6) is 7.48. The summed E-state index contributed by atoms with van der Waals surface area (Å²) >= 11 is 0. The van der Waals surface area contributed by atoms with Gasteiger partial charge in [0.1, 0.15) is 29.3 Å².